The molecule has 4 rings (SSSR count). The van der Waals surface area contributed by atoms with Crippen molar-refractivity contribution in [3.8, 4) is 5.75 Å². The number of aliphatic hydroxyl groups excluding tert-OH is 1. The molecule has 0 saturated carbocycles. The number of carbonyl (C=O) groups is 1. The summed E-state index contributed by atoms with van der Waals surface area (Å²) in [6, 6.07) is 12.1. The van der Waals surface area contributed by atoms with Crippen molar-refractivity contribution in [3.05, 3.63) is 65.5 Å². The van der Waals surface area contributed by atoms with Crippen LogP contribution in [0.25, 0.3) is 0 Å². The zero-order valence-corrected chi connectivity index (χ0v) is 25.8. The standard InChI is InChI=1S/C28H36N4O8S2/c1-18-15-32(19(2)17-33)27(34)14-22-13-23(30-41(35,36)28-20(3)29-40-21(28)4)11-12-25(22)39-26(18)16-31(5)42(37,38)24-9-7-6-8-10-24/h6-13,18-19,26,30,33H,14-17H2,1-5H3/t18-,19+,26+/m0/s1. The van der Waals surface area contributed by atoms with Gasteiger partial charge in [-0.1, -0.05) is 30.3 Å². The molecule has 12 nitrogen and oxygen atoms in total. The summed E-state index contributed by atoms with van der Waals surface area (Å²) in [5.74, 6) is -0.157. The van der Waals surface area contributed by atoms with Gasteiger partial charge < -0.3 is 19.3 Å². The second-order valence-electron chi connectivity index (χ2n) is 10.6. The Labute approximate surface area is 246 Å². The number of aryl methyl sites for hydroxylation is 2. The van der Waals surface area contributed by atoms with E-state index in [0.29, 0.717) is 11.3 Å². The highest BCUT2D eigenvalue weighted by Gasteiger charge is 2.34. The first kappa shape index (κ1) is 31.5. The molecule has 0 fully saturated rings. The molecule has 2 aromatic carbocycles. The van der Waals surface area contributed by atoms with Gasteiger partial charge in [0.05, 0.1) is 30.5 Å². The number of likely N-dealkylation sites (N-methyl/N-ethyl adjacent to an activating group) is 1. The number of aliphatic hydroxyl groups is 1. The van der Waals surface area contributed by atoms with Crippen molar-refractivity contribution >= 4 is 31.6 Å². The summed E-state index contributed by atoms with van der Waals surface area (Å²) in [7, 11) is -6.41. The number of fused-ring (bicyclic) bond motifs is 1. The summed E-state index contributed by atoms with van der Waals surface area (Å²) in [5, 5.41) is 13.6. The molecule has 0 radical (unpaired) electrons. The van der Waals surface area contributed by atoms with E-state index in [0.717, 1.165) is 0 Å². The van der Waals surface area contributed by atoms with Crippen LogP contribution in [-0.2, 0) is 31.3 Å². The van der Waals surface area contributed by atoms with Crippen LogP contribution in [0.3, 0.4) is 0 Å². The van der Waals surface area contributed by atoms with Gasteiger partial charge in [0.15, 0.2) is 10.7 Å². The lowest BCUT2D eigenvalue weighted by atomic mass is 10.0. The number of benzene rings is 2. The molecule has 0 unspecified atom stereocenters. The number of nitrogens with one attached hydrogen (secondary N) is 1. The van der Waals surface area contributed by atoms with E-state index in [1.807, 2.05) is 6.92 Å². The third-order valence-corrected chi connectivity index (χ3v) is 10.8. The van der Waals surface area contributed by atoms with E-state index < -0.39 is 32.2 Å². The minimum Gasteiger partial charge on any atom is -0.488 e. The molecule has 1 amide bonds. The van der Waals surface area contributed by atoms with Gasteiger partial charge in [-0.25, -0.2) is 16.8 Å². The molecule has 228 valence electrons. The number of aromatic nitrogens is 1. The molecule has 0 saturated heterocycles. The fourth-order valence-corrected chi connectivity index (χ4v) is 7.48. The van der Waals surface area contributed by atoms with Crippen molar-refractivity contribution in [2.24, 2.45) is 5.92 Å². The summed E-state index contributed by atoms with van der Waals surface area (Å²) in [5.41, 5.74) is 0.808. The van der Waals surface area contributed by atoms with E-state index >= 15 is 0 Å². The van der Waals surface area contributed by atoms with Gasteiger partial charge in [-0.15, -0.1) is 0 Å². The zero-order valence-electron chi connectivity index (χ0n) is 24.1. The zero-order chi connectivity index (χ0) is 30.8. The van der Waals surface area contributed by atoms with Crippen LogP contribution in [0.5, 0.6) is 5.75 Å². The van der Waals surface area contributed by atoms with Crippen molar-refractivity contribution in [1.82, 2.24) is 14.4 Å². The molecule has 3 aromatic rings. The molecule has 0 spiro atoms. The topological polar surface area (TPSA) is 159 Å². The van der Waals surface area contributed by atoms with Crippen LogP contribution in [0.2, 0.25) is 0 Å². The predicted molar refractivity (Wildman–Crippen MR) is 155 cm³/mol. The minimum atomic E-state index is -4.05. The van der Waals surface area contributed by atoms with Crippen molar-refractivity contribution in [2.75, 3.05) is 31.5 Å². The van der Waals surface area contributed by atoms with Crippen LogP contribution in [0.15, 0.2) is 62.8 Å². The highest BCUT2D eigenvalue weighted by atomic mass is 32.2. The van der Waals surface area contributed by atoms with Gasteiger partial charge in [0.1, 0.15) is 17.5 Å². The van der Waals surface area contributed by atoms with Gasteiger partial charge in [0, 0.05) is 30.8 Å². The summed E-state index contributed by atoms with van der Waals surface area (Å²) in [6.45, 7) is 6.52. The molecule has 42 heavy (non-hydrogen) atoms. The Morgan fingerprint density at radius 1 is 1.14 bits per heavy atom. The first-order valence-corrected chi connectivity index (χ1v) is 16.3. The van der Waals surface area contributed by atoms with Crippen molar-refractivity contribution in [1.29, 1.82) is 0 Å². The number of anilines is 1. The molecule has 2 N–H and O–H groups in total. The summed E-state index contributed by atoms with van der Waals surface area (Å²) < 4.78 is 67.9. The molecule has 1 aliphatic rings. The second-order valence-corrected chi connectivity index (χ2v) is 14.2. The maximum atomic E-state index is 13.5. The fourth-order valence-electron chi connectivity index (χ4n) is 4.90. The van der Waals surface area contributed by atoms with Crippen LogP contribution < -0.4 is 9.46 Å². The van der Waals surface area contributed by atoms with E-state index in [9.17, 15) is 26.7 Å². The fraction of sp³-hybridized carbons (Fsp3) is 0.429. The molecule has 0 aliphatic carbocycles. The Kier molecular flexibility index (Phi) is 9.30. The number of rotatable bonds is 9. The molecule has 14 heteroatoms. The smallest absolute Gasteiger partial charge is 0.267 e. The lowest BCUT2D eigenvalue weighted by Gasteiger charge is -2.33. The lowest BCUT2D eigenvalue weighted by molar-refractivity contribution is -0.134. The Morgan fingerprint density at radius 2 is 1.83 bits per heavy atom. The highest BCUT2D eigenvalue weighted by molar-refractivity contribution is 7.92. The third-order valence-electron chi connectivity index (χ3n) is 7.29. The first-order valence-electron chi connectivity index (χ1n) is 13.4. The van der Waals surface area contributed by atoms with E-state index in [-0.39, 0.29) is 64.9 Å². The molecular weight excluding hydrogens is 584 g/mol. The Hall–Kier alpha value is -3.46. The average molecular weight is 621 g/mol. The molecule has 1 aliphatic heterocycles. The van der Waals surface area contributed by atoms with E-state index in [2.05, 4.69) is 9.88 Å². The number of nitrogens with zero attached hydrogens (tertiary/aromatic N) is 3. The average Bonchev–Trinajstić information content (AvgIpc) is 3.31. The molecule has 0 bridgehead atoms. The Balaban J connectivity index is 1.70. The third kappa shape index (κ3) is 6.61. The van der Waals surface area contributed by atoms with Gasteiger partial charge in [-0.3, -0.25) is 9.52 Å². The Bertz CT molecular complexity index is 1620. The molecule has 2 heterocycles. The lowest BCUT2D eigenvalue weighted by Crippen LogP contribution is -2.48. The van der Waals surface area contributed by atoms with Crippen LogP contribution in [0, 0.1) is 19.8 Å². The van der Waals surface area contributed by atoms with E-state index in [1.165, 1.54) is 49.5 Å². The monoisotopic (exact) mass is 620 g/mol. The Morgan fingerprint density at radius 3 is 2.45 bits per heavy atom. The maximum Gasteiger partial charge on any atom is 0.267 e. The van der Waals surface area contributed by atoms with Crippen molar-refractivity contribution in [2.45, 2.75) is 56.1 Å². The van der Waals surface area contributed by atoms with Gasteiger partial charge in [-0.05, 0) is 51.1 Å². The normalized spacial score (nSPS) is 18.9. The molecular formula is C28H36N4O8S2. The second kappa shape index (κ2) is 12.4. The van der Waals surface area contributed by atoms with Crippen LogP contribution in [0.1, 0.15) is 30.9 Å². The predicted octanol–water partition coefficient (Wildman–Crippen LogP) is 2.56. The SMILES string of the molecule is Cc1noc(C)c1S(=O)(=O)Nc1ccc2c(c1)CC(=O)N([C@H](C)CO)C[C@H](C)[C@@H](CN(C)S(=O)(=O)c1ccccc1)O2. The quantitative estimate of drug-likeness (QED) is 0.367. The van der Waals surface area contributed by atoms with Gasteiger partial charge in [0.2, 0.25) is 15.9 Å². The van der Waals surface area contributed by atoms with Gasteiger partial charge >= 0.3 is 0 Å². The number of amides is 1. The summed E-state index contributed by atoms with van der Waals surface area (Å²) in [4.78, 5) is 15.1. The summed E-state index contributed by atoms with van der Waals surface area (Å²) >= 11 is 0. The van der Waals surface area contributed by atoms with Crippen molar-refractivity contribution < 1.29 is 36.0 Å². The number of sulfonamides is 2. The highest BCUT2D eigenvalue weighted by Crippen LogP contribution is 2.31. The molecule has 1 aromatic heterocycles. The number of ether oxygens (including phenoxy) is 1. The summed E-state index contributed by atoms with van der Waals surface area (Å²) in [6.07, 6.45) is -0.811. The van der Waals surface area contributed by atoms with Crippen LogP contribution in [0.4, 0.5) is 5.69 Å². The van der Waals surface area contributed by atoms with Crippen LogP contribution >= 0.6 is 0 Å². The van der Waals surface area contributed by atoms with Crippen LogP contribution in [-0.4, -0.2) is 81.1 Å². The molecule has 3 atom stereocenters. The number of carbonyl (C=O) groups excluding carboxylic acids is 1. The minimum absolute atomic E-state index is 0.0200. The van der Waals surface area contributed by atoms with Gasteiger partial charge in [0.25, 0.3) is 10.0 Å². The maximum absolute atomic E-state index is 13.5. The van der Waals surface area contributed by atoms with E-state index in [1.54, 1.807) is 36.1 Å². The largest absolute Gasteiger partial charge is 0.488 e. The van der Waals surface area contributed by atoms with Crippen molar-refractivity contribution in [3.63, 3.8) is 0 Å². The van der Waals surface area contributed by atoms with E-state index in [4.69, 9.17) is 9.26 Å². The number of hydrogen-bond acceptors (Lipinski definition) is 9. The first-order chi connectivity index (χ1) is 19.7. The van der Waals surface area contributed by atoms with Gasteiger partial charge in [-0.2, -0.15) is 4.31 Å². The number of hydrogen-bond donors (Lipinski definition) is 2.